The van der Waals surface area contributed by atoms with Gasteiger partial charge in [0, 0.05) is 22.6 Å². The largest absolute Gasteiger partial charge is 0.376 e. The summed E-state index contributed by atoms with van der Waals surface area (Å²) in [5.41, 5.74) is 1.73. The number of carbonyl (C=O) groups excluding carboxylic acids is 3. The first-order valence-corrected chi connectivity index (χ1v) is 14.0. The maximum atomic E-state index is 12.2. The van der Waals surface area contributed by atoms with Crippen molar-refractivity contribution >= 4 is 41.3 Å². The normalized spacial score (nSPS) is 13.8. The van der Waals surface area contributed by atoms with Crippen LogP contribution >= 0.6 is 23.5 Å². The van der Waals surface area contributed by atoms with Crippen LogP contribution in [0.25, 0.3) is 0 Å². The quantitative estimate of drug-likeness (QED) is 0.242. The Morgan fingerprint density at radius 1 is 0.806 bits per heavy atom. The van der Waals surface area contributed by atoms with E-state index < -0.39 is 23.4 Å². The number of hydrogen-bond acceptors (Lipinski definition) is 7. The summed E-state index contributed by atoms with van der Waals surface area (Å²) in [4.78, 5) is 42.6. The third-order valence-electron chi connectivity index (χ3n) is 6.20. The number of thioether (sulfide) groups is 2. The Bertz CT molecular complexity index is 1180. The van der Waals surface area contributed by atoms with Crippen molar-refractivity contribution in [2.45, 2.75) is 41.1 Å². The van der Waals surface area contributed by atoms with Gasteiger partial charge in [0.05, 0.1) is 6.42 Å². The van der Waals surface area contributed by atoms with Crippen LogP contribution in [-0.4, -0.2) is 40.5 Å². The molecule has 1 saturated heterocycles. The molecule has 1 aliphatic heterocycles. The van der Waals surface area contributed by atoms with Gasteiger partial charge in [0.25, 0.3) is 11.8 Å². The van der Waals surface area contributed by atoms with Crippen LogP contribution < -0.4 is 0 Å². The number of amides is 2. The molecule has 0 unspecified atom stereocenters. The topological polar surface area (TPSA) is 83.9 Å². The Kier molecular flexibility index (Phi) is 8.18. The number of rotatable bonds is 9. The fraction of sp³-hybridized carbons (Fsp3) is 0.250. The molecule has 6 nitrogen and oxygen atoms in total. The first-order valence-electron chi connectivity index (χ1n) is 11.5. The lowest BCUT2D eigenvalue weighted by Gasteiger charge is -2.30. The van der Waals surface area contributed by atoms with Crippen molar-refractivity contribution in [1.82, 2.24) is 5.06 Å². The minimum absolute atomic E-state index is 0.0208. The predicted molar refractivity (Wildman–Crippen MR) is 140 cm³/mol. The average molecular weight is 522 g/mol. The molecule has 186 valence electrons. The van der Waals surface area contributed by atoms with Crippen molar-refractivity contribution in [2.75, 3.05) is 12.5 Å². The summed E-state index contributed by atoms with van der Waals surface area (Å²) in [6, 6.07) is 23.2. The molecule has 8 heteroatoms. The Morgan fingerprint density at radius 3 is 1.64 bits per heavy atom. The number of carbonyl (C=O) groups is 3. The lowest BCUT2D eigenvalue weighted by molar-refractivity contribution is -0.197. The molecule has 0 bridgehead atoms. The summed E-state index contributed by atoms with van der Waals surface area (Å²) in [7, 11) is 0. The lowest BCUT2D eigenvalue weighted by Crippen LogP contribution is -2.32. The molecular formula is C28H27NO5S2. The van der Waals surface area contributed by atoms with Crippen LogP contribution in [0.1, 0.15) is 41.5 Å². The van der Waals surface area contributed by atoms with E-state index in [1.807, 2.05) is 85.3 Å². The van der Waals surface area contributed by atoms with Crippen LogP contribution in [0.2, 0.25) is 0 Å². The first kappa shape index (κ1) is 26.0. The van der Waals surface area contributed by atoms with Crippen molar-refractivity contribution in [3.05, 3.63) is 95.1 Å². The molecule has 0 saturated carbocycles. The van der Waals surface area contributed by atoms with Crippen molar-refractivity contribution in [1.29, 1.82) is 0 Å². The van der Waals surface area contributed by atoms with Gasteiger partial charge in [-0.3, -0.25) is 9.59 Å². The van der Waals surface area contributed by atoms with Crippen LogP contribution in [-0.2, 0) is 31.2 Å². The molecule has 1 fully saturated rings. The molecule has 0 spiro atoms. The molecule has 0 aliphatic carbocycles. The summed E-state index contributed by atoms with van der Waals surface area (Å²) in [6.45, 7) is 0. The van der Waals surface area contributed by atoms with Crippen molar-refractivity contribution < 1.29 is 24.3 Å². The highest BCUT2D eigenvalue weighted by molar-refractivity contribution is 7.98. The summed E-state index contributed by atoms with van der Waals surface area (Å²) in [5, 5.41) is 12.7. The predicted octanol–water partition coefficient (Wildman–Crippen LogP) is 4.95. The van der Waals surface area contributed by atoms with E-state index in [4.69, 9.17) is 4.84 Å². The Balaban J connectivity index is 1.54. The van der Waals surface area contributed by atoms with Crippen LogP contribution in [0.3, 0.4) is 0 Å². The fourth-order valence-corrected chi connectivity index (χ4v) is 4.95. The zero-order chi connectivity index (χ0) is 25.7. The van der Waals surface area contributed by atoms with E-state index in [2.05, 4.69) is 0 Å². The van der Waals surface area contributed by atoms with Gasteiger partial charge in [0.15, 0.2) is 0 Å². The van der Waals surface area contributed by atoms with E-state index in [0.29, 0.717) is 17.0 Å². The lowest BCUT2D eigenvalue weighted by atomic mass is 9.80. The molecule has 4 rings (SSSR count). The maximum Gasteiger partial charge on any atom is 0.333 e. The van der Waals surface area contributed by atoms with Crippen LogP contribution in [0.15, 0.2) is 82.6 Å². The molecule has 1 heterocycles. The molecule has 1 N–H and O–H groups in total. The summed E-state index contributed by atoms with van der Waals surface area (Å²) >= 11 is 3.28. The van der Waals surface area contributed by atoms with Crippen molar-refractivity contribution in [2.24, 2.45) is 0 Å². The Morgan fingerprint density at radius 2 is 1.22 bits per heavy atom. The Hall–Kier alpha value is -3.07. The highest BCUT2D eigenvalue weighted by Crippen LogP contribution is 2.38. The van der Waals surface area contributed by atoms with Gasteiger partial charge in [-0.15, -0.1) is 28.6 Å². The van der Waals surface area contributed by atoms with Gasteiger partial charge in [-0.2, -0.15) is 0 Å². The molecule has 0 radical (unpaired) electrons. The SMILES string of the molecule is CSc1ccc(C(O)(c2ccc(CCC(=O)ON3C(=O)CCC3=O)cc2)c2ccc(SC)cc2)cc1. The number of hydroxylamine groups is 2. The fourth-order valence-electron chi connectivity index (χ4n) is 4.13. The van der Waals surface area contributed by atoms with Crippen molar-refractivity contribution in [3.63, 3.8) is 0 Å². The summed E-state index contributed by atoms with van der Waals surface area (Å²) in [5.74, 6) is -1.62. The van der Waals surface area contributed by atoms with Crippen LogP contribution in [0.4, 0.5) is 0 Å². The summed E-state index contributed by atoms with van der Waals surface area (Å²) < 4.78 is 0. The van der Waals surface area contributed by atoms with E-state index in [-0.39, 0.29) is 19.3 Å². The molecule has 3 aromatic carbocycles. The maximum absolute atomic E-state index is 12.2. The molecule has 0 aromatic heterocycles. The van der Waals surface area contributed by atoms with Gasteiger partial charge in [-0.25, -0.2) is 4.79 Å². The summed E-state index contributed by atoms with van der Waals surface area (Å²) in [6.07, 6.45) is 4.55. The number of benzene rings is 3. The molecular weight excluding hydrogens is 494 g/mol. The number of nitrogens with zero attached hydrogens (tertiary/aromatic N) is 1. The molecule has 36 heavy (non-hydrogen) atoms. The minimum Gasteiger partial charge on any atom is -0.376 e. The molecule has 0 atom stereocenters. The minimum atomic E-state index is -1.36. The molecule has 2 amide bonds. The van der Waals surface area contributed by atoms with Crippen LogP contribution in [0.5, 0.6) is 0 Å². The highest BCUT2D eigenvalue weighted by atomic mass is 32.2. The highest BCUT2D eigenvalue weighted by Gasteiger charge is 2.34. The van der Waals surface area contributed by atoms with Crippen molar-refractivity contribution in [3.8, 4) is 0 Å². The van der Waals surface area contributed by atoms with Gasteiger partial charge < -0.3 is 9.94 Å². The van der Waals surface area contributed by atoms with Crippen LogP contribution in [0, 0.1) is 0 Å². The van der Waals surface area contributed by atoms with Gasteiger partial charge in [0.1, 0.15) is 5.60 Å². The number of aryl methyl sites for hydroxylation is 1. The zero-order valence-corrected chi connectivity index (χ0v) is 21.7. The second kappa shape index (κ2) is 11.3. The van der Waals surface area contributed by atoms with E-state index in [1.54, 1.807) is 23.5 Å². The number of aliphatic hydroxyl groups is 1. The smallest absolute Gasteiger partial charge is 0.333 e. The number of hydrogen-bond donors (Lipinski definition) is 1. The molecule has 1 aliphatic rings. The second-order valence-electron chi connectivity index (χ2n) is 8.41. The van der Waals surface area contributed by atoms with Gasteiger partial charge in [-0.1, -0.05) is 48.5 Å². The van der Waals surface area contributed by atoms with E-state index in [9.17, 15) is 19.5 Å². The van der Waals surface area contributed by atoms with Gasteiger partial charge in [-0.05, 0) is 65.5 Å². The Labute approximate surface area is 219 Å². The molecule has 3 aromatic rings. The monoisotopic (exact) mass is 521 g/mol. The standard InChI is InChI=1S/C28H27NO5S2/c1-35-23-12-8-21(9-13-23)28(33,22-10-14-24(36-2)15-11-22)20-6-3-19(4-7-20)5-18-27(32)34-29-25(30)16-17-26(29)31/h3-4,6-15,33H,5,16-18H2,1-2H3. The third-order valence-corrected chi connectivity index (χ3v) is 7.69. The van der Waals surface area contributed by atoms with Gasteiger partial charge >= 0.3 is 5.97 Å². The second-order valence-corrected chi connectivity index (χ2v) is 10.2. The van der Waals surface area contributed by atoms with Gasteiger partial charge in [0.2, 0.25) is 0 Å². The van der Waals surface area contributed by atoms with E-state index >= 15 is 0 Å². The average Bonchev–Trinajstić information content (AvgIpc) is 3.24. The van der Waals surface area contributed by atoms with E-state index in [1.165, 1.54) is 0 Å². The zero-order valence-electron chi connectivity index (χ0n) is 20.1. The number of imide groups is 1. The first-order chi connectivity index (χ1) is 17.3. The third kappa shape index (κ3) is 5.51. The van der Waals surface area contributed by atoms with E-state index in [0.717, 1.165) is 26.5 Å².